The molecule has 0 unspecified atom stereocenters. The average molecular weight is 398 g/mol. The lowest BCUT2D eigenvalue weighted by atomic mass is 9.44. The maximum atomic E-state index is 12.2. The zero-order valence-electron chi connectivity index (χ0n) is 19.3. The van der Waals surface area contributed by atoms with Crippen LogP contribution in [0, 0.1) is 52.3 Å². The molecule has 2 saturated heterocycles. The summed E-state index contributed by atoms with van der Waals surface area (Å²) in [7, 11) is 0. The van der Waals surface area contributed by atoms with Gasteiger partial charge in [0.2, 0.25) is 0 Å². The van der Waals surface area contributed by atoms with E-state index in [-0.39, 0.29) is 0 Å². The summed E-state index contributed by atoms with van der Waals surface area (Å²) in [5.74, 6) is 6.80. The van der Waals surface area contributed by atoms with E-state index < -0.39 is 0 Å². The van der Waals surface area contributed by atoms with Crippen LogP contribution in [0.1, 0.15) is 91.9 Å². The Kier molecular flexibility index (Phi) is 4.22. The number of hydrogen-bond donors (Lipinski definition) is 0. The topological polar surface area (TPSA) is 20.3 Å². The van der Waals surface area contributed by atoms with Gasteiger partial charge in [0.15, 0.2) is 0 Å². The highest BCUT2D eigenvalue weighted by Crippen LogP contribution is 2.70. The van der Waals surface area contributed by atoms with Crippen LogP contribution in [0.3, 0.4) is 0 Å². The molecule has 0 amide bonds. The van der Waals surface area contributed by atoms with Gasteiger partial charge in [-0.25, -0.2) is 0 Å². The van der Waals surface area contributed by atoms with Crippen LogP contribution in [0.15, 0.2) is 0 Å². The third kappa shape index (κ3) is 2.48. The molecule has 0 aromatic rings. The molecule has 29 heavy (non-hydrogen) atoms. The van der Waals surface area contributed by atoms with E-state index in [0.29, 0.717) is 22.5 Å². The second-order valence-electron chi connectivity index (χ2n) is 13.1. The van der Waals surface area contributed by atoms with Crippen LogP contribution >= 0.6 is 0 Å². The number of ketones is 1. The minimum absolute atomic E-state index is 0.462. The largest absolute Gasteiger partial charge is 0.300 e. The minimum atomic E-state index is 0.462. The normalized spacial score (nSPS) is 59.4. The standard InChI is InChI=1S/C27H43NO/c1-16-5-8-23-17(2)25-24(28(23)15-16)14-22-20-7-6-18-13-19(29)9-11-26(18,3)21(20)10-12-27(22,25)4/h16-18,20-25H,5-15H2,1-4H3/t16-,17+,18+,20+,21-,22-,23-,24-,25-,26+,27+/m1/s1. The summed E-state index contributed by atoms with van der Waals surface area (Å²) >= 11 is 0. The van der Waals surface area contributed by atoms with E-state index in [1.807, 2.05) is 0 Å². The fourth-order valence-corrected chi connectivity index (χ4v) is 10.8. The minimum Gasteiger partial charge on any atom is -0.300 e. The van der Waals surface area contributed by atoms with Crippen molar-refractivity contribution in [3.8, 4) is 0 Å². The molecule has 0 spiro atoms. The van der Waals surface area contributed by atoms with Gasteiger partial charge in [0.1, 0.15) is 5.78 Å². The molecule has 162 valence electrons. The van der Waals surface area contributed by atoms with Crippen molar-refractivity contribution in [3.05, 3.63) is 0 Å². The highest BCUT2D eigenvalue weighted by Gasteiger charge is 2.66. The molecule has 4 saturated carbocycles. The third-order valence-electron chi connectivity index (χ3n) is 12.1. The van der Waals surface area contributed by atoms with Crippen molar-refractivity contribution in [2.75, 3.05) is 6.54 Å². The zero-order valence-corrected chi connectivity index (χ0v) is 19.3. The fraction of sp³-hybridized carbons (Fsp3) is 0.963. The molecule has 0 bridgehead atoms. The van der Waals surface area contributed by atoms with Crippen LogP contribution in [0.4, 0.5) is 0 Å². The number of carbonyl (C=O) groups is 1. The molecule has 2 heteroatoms. The summed E-state index contributed by atoms with van der Waals surface area (Å²) in [5.41, 5.74) is 1.04. The predicted molar refractivity (Wildman–Crippen MR) is 117 cm³/mol. The quantitative estimate of drug-likeness (QED) is 0.504. The Morgan fingerprint density at radius 2 is 1.72 bits per heavy atom. The molecule has 11 atom stereocenters. The maximum absolute atomic E-state index is 12.2. The summed E-state index contributed by atoms with van der Waals surface area (Å²) in [6.07, 6.45) is 13.0. The van der Waals surface area contributed by atoms with E-state index in [1.54, 1.807) is 0 Å². The van der Waals surface area contributed by atoms with Crippen molar-refractivity contribution in [1.29, 1.82) is 0 Å². The van der Waals surface area contributed by atoms with Crippen LogP contribution in [0.2, 0.25) is 0 Å². The molecule has 2 heterocycles. The van der Waals surface area contributed by atoms with Gasteiger partial charge in [0, 0.05) is 31.5 Å². The highest BCUT2D eigenvalue weighted by atomic mass is 16.1. The first-order valence-electron chi connectivity index (χ1n) is 13.1. The maximum Gasteiger partial charge on any atom is 0.133 e. The van der Waals surface area contributed by atoms with Gasteiger partial charge in [0.05, 0.1) is 0 Å². The summed E-state index contributed by atoms with van der Waals surface area (Å²) in [6.45, 7) is 11.8. The second kappa shape index (κ2) is 6.33. The first kappa shape index (κ1) is 19.3. The van der Waals surface area contributed by atoms with Crippen LogP contribution in [-0.2, 0) is 4.79 Å². The SMILES string of the molecule is C[C@@H]1CC[C@@H]2[C@H](C)[C@@H]3[C@@H](C[C@@H]4[C@H]5CC[C@H]6CC(=O)CC[C@]6(C)[C@@H]5CC[C@]34C)N2C1. The summed E-state index contributed by atoms with van der Waals surface area (Å²) < 4.78 is 0. The average Bonchev–Trinajstić information content (AvgIpc) is 3.15. The Hall–Kier alpha value is -0.370. The van der Waals surface area contributed by atoms with Gasteiger partial charge in [-0.3, -0.25) is 9.69 Å². The van der Waals surface area contributed by atoms with Crippen LogP contribution in [-0.4, -0.2) is 29.3 Å². The van der Waals surface area contributed by atoms with Crippen molar-refractivity contribution < 1.29 is 4.79 Å². The molecule has 0 N–H and O–H groups in total. The molecule has 2 nitrogen and oxygen atoms in total. The molecular weight excluding hydrogens is 354 g/mol. The lowest BCUT2D eigenvalue weighted by Gasteiger charge is -2.60. The van der Waals surface area contributed by atoms with Crippen LogP contribution in [0.25, 0.3) is 0 Å². The number of fused-ring (bicyclic) bond motifs is 9. The summed E-state index contributed by atoms with van der Waals surface area (Å²) in [6, 6.07) is 1.76. The van der Waals surface area contributed by atoms with E-state index in [9.17, 15) is 4.79 Å². The van der Waals surface area contributed by atoms with E-state index in [2.05, 4.69) is 32.6 Å². The number of hydrogen-bond acceptors (Lipinski definition) is 2. The Labute approximate surface area is 178 Å². The fourth-order valence-electron chi connectivity index (χ4n) is 10.8. The van der Waals surface area contributed by atoms with Crippen LogP contribution < -0.4 is 0 Å². The molecule has 0 radical (unpaired) electrons. The van der Waals surface area contributed by atoms with Gasteiger partial charge in [0.25, 0.3) is 0 Å². The van der Waals surface area contributed by atoms with E-state index in [4.69, 9.17) is 0 Å². The van der Waals surface area contributed by atoms with E-state index in [1.165, 1.54) is 57.9 Å². The van der Waals surface area contributed by atoms with Gasteiger partial charge in [-0.05, 0) is 104 Å². The Bertz CT molecular complexity index is 703. The molecule has 0 aromatic carbocycles. The van der Waals surface area contributed by atoms with Gasteiger partial charge in [-0.2, -0.15) is 0 Å². The molecule has 0 aromatic heterocycles. The Morgan fingerprint density at radius 3 is 2.55 bits per heavy atom. The van der Waals surface area contributed by atoms with Gasteiger partial charge < -0.3 is 0 Å². The first-order valence-corrected chi connectivity index (χ1v) is 13.1. The number of carbonyl (C=O) groups excluding carboxylic acids is 1. The second-order valence-corrected chi connectivity index (χ2v) is 13.1. The van der Waals surface area contributed by atoms with Crippen molar-refractivity contribution in [2.45, 2.75) is 104 Å². The summed E-state index contributed by atoms with van der Waals surface area (Å²) in [4.78, 5) is 15.2. The van der Waals surface area contributed by atoms with E-state index >= 15 is 0 Å². The number of Topliss-reactive ketones (excluding diaryl/α,β-unsaturated/α-hetero) is 1. The number of piperidine rings is 1. The molecule has 2 aliphatic heterocycles. The smallest absolute Gasteiger partial charge is 0.133 e. The van der Waals surface area contributed by atoms with E-state index in [0.717, 1.165) is 60.4 Å². The van der Waals surface area contributed by atoms with Gasteiger partial charge in [-0.15, -0.1) is 0 Å². The number of rotatable bonds is 0. The lowest BCUT2D eigenvalue weighted by molar-refractivity contribution is -0.140. The van der Waals surface area contributed by atoms with Crippen molar-refractivity contribution >= 4 is 5.78 Å². The Morgan fingerprint density at radius 1 is 0.897 bits per heavy atom. The third-order valence-corrected chi connectivity index (χ3v) is 12.1. The number of nitrogens with zero attached hydrogens (tertiary/aromatic N) is 1. The van der Waals surface area contributed by atoms with Crippen molar-refractivity contribution in [2.24, 2.45) is 52.3 Å². The first-order chi connectivity index (χ1) is 13.8. The van der Waals surface area contributed by atoms with Crippen molar-refractivity contribution in [3.63, 3.8) is 0 Å². The highest BCUT2D eigenvalue weighted by molar-refractivity contribution is 5.79. The predicted octanol–water partition coefficient (Wildman–Crippen LogP) is 5.94. The summed E-state index contributed by atoms with van der Waals surface area (Å²) in [5, 5.41) is 0. The van der Waals surface area contributed by atoms with Gasteiger partial charge >= 0.3 is 0 Å². The van der Waals surface area contributed by atoms with Crippen LogP contribution in [0.5, 0.6) is 0 Å². The monoisotopic (exact) mass is 397 g/mol. The molecule has 6 aliphatic rings. The van der Waals surface area contributed by atoms with Crippen molar-refractivity contribution in [1.82, 2.24) is 4.90 Å². The molecule has 4 aliphatic carbocycles. The lowest BCUT2D eigenvalue weighted by Crippen LogP contribution is -2.54. The molecular formula is C27H43NO. The molecule has 6 rings (SSSR count). The van der Waals surface area contributed by atoms with Gasteiger partial charge in [-0.1, -0.05) is 27.7 Å². The Balaban J connectivity index is 1.31. The molecule has 6 fully saturated rings. The zero-order chi connectivity index (χ0) is 20.1.